The van der Waals surface area contributed by atoms with E-state index in [1.165, 1.54) is 12.0 Å². The number of methoxy groups -OCH3 is 1. The second-order valence-electron chi connectivity index (χ2n) is 9.07. The Kier molecular flexibility index (Phi) is 6.78. The standard InChI is InChI=1S/C28H30N2O5/c1-17-10-18(2)12-22(11-17)30-19(3)13-23(20(30)4)25(31)16-35-28(33)21-14-27(32)29(15-21)24-8-6-7-9-26(24)34-5/h6-13,21H,14-16H2,1-5H3. The number of ether oxygens (including phenoxy) is 2. The first kappa shape index (κ1) is 24.3. The first-order valence-electron chi connectivity index (χ1n) is 11.6. The molecule has 1 saturated heterocycles. The molecule has 1 fully saturated rings. The number of amides is 1. The summed E-state index contributed by atoms with van der Waals surface area (Å²) in [7, 11) is 1.54. The molecule has 0 aliphatic carbocycles. The molecule has 7 heteroatoms. The second-order valence-corrected chi connectivity index (χ2v) is 9.07. The third kappa shape index (κ3) is 4.85. The summed E-state index contributed by atoms with van der Waals surface area (Å²) in [6.45, 7) is 7.74. The highest BCUT2D eigenvalue weighted by Crippen LogP contribution is 2.33. The summed E-state index contributed by atoms with van der Waals surface area (Å²) in [4.78, 5) is 39.8. The maximum absolute atomic E-state index is 13.0. The number of benzene rings is 2. The van der Waals surface area contributed by atoms with E-state index in [0.29, 0.717) is 17.0 Å². The normalized spacial score (nSPS) is 15.4. The molecule has 0 saturated carbocycles. The Morgan fingerprint density at radius 2 is 1.69 bits per heavy atom. The molecule has 1 atom stereocenters. The smallest absolute Gasteiger partial charge is 0.311 e. The molecule has 7 nitrogen and oxygen atoms in total. The number of rotatable bonds is 7. The van der Waals surface area contributed by atoms with Crippen LogP contribution in [0.5, 0.6) is 5.75 Å². The monoisotopic (exact) mass is 474 g/mol. The topological polar surface area (TPSA) is 77.8 Å². The molecule has 0 spiro atoms. The molecule has 182 valence electrons. The minimum absolute atomic E-state index is 0.0340. The van der Waals surface area contributed by atoms with Crippen LogP contribution in [0.3, 0.4) is 0 Å². The maximum Gasteiger partial charge on any atom is 0.311 e. The van der Waals surface area contributed by atoms with Gasteiger partial charge in [-0.15, -0.1) is 0 Å². The zero-order valence-electron chi connectivity index (χ0n) is 20.8. The number of esters is 1. The van der Waals surface area contributed by atoms with E-state index in [9.17, 15) is 14.4 Å². The van der Waals surface area contributed by atoms with E-state index < -0.39 is 11.9 Å². The van der Waals surface area contributed by atoms with Crippen LogP contribution in [0.2, 0.25) is 0 Å². The molecule has 1 aliphatic rings. The van der Waals surface area contributed by atoms with Crippen LogP contribution in [0.15, 0.2) is 48.5 Å². The van der Waals surface area contributed by atoms with Crippen LogP contribution in [0.25, 0.3) is 5.69 Å². The summed E-state index contributed by atoms with van der Waals surface area (Å²) < 4.78 is 12.7. The third-order valence-electron chi connectivity index (χ3n) is 6.38. The molecule has 1 unspecified atom stereocenters. The Labute approximate surface area is 205 Å². The van der Waals surface area contributed by atoms with E-state index >= 15 is 0 Å². The van der Waals surface area contributed by atoms with Crippen LogP contribution in [0.1, 0.15) is 39.3 Å². The Hall–Kier alpha value is -3.87. The number of hydrogen-bond donors (Lipinski definition) is 0. The average molecular weight is 475 g/mol. The van der Waals surface area contributed by atoms with Crippen LogP contribution < -0.4 is 9.64 Å². The molecule has 0 radical (unpaired) electrons. The Morgan fingerprint density at radius 1 is 1.00 bits per heavy atom. The number of ketones is 1. The van der Waals surface area contributed by atoms with Gasteiger partial charge in [-0.1, -0.05) is 18.2 Å². The number of Topliss-reactive ketones (excluding diaryl/α,β-unsaturated/α-hetero) is 1. The van der Waals surface area contributed by atoms with Crippen molar-refractivity contribution in [1.82, 2.24) is 4.57 Å². The van der Waals surface area contributed by atoms with Crippen LogP contribution >= 0.6 is 0 Å². The molecule has 1 aromatic heterocycles. The largest absolute Gasteiger partial charge is 0.495 e. The lowest BCUT2D eigenvalue weighted by Crippen LogP contribution is -2.27. The molecule has 4 rings (SSSR count). The number of aromatic nitrogens is 1. The van der Waals surface area contributed by atoms with E-state index in [2.05, 4.69) is 18.2 Å². The van der Waals surface area contributed by atoms with Crippen molar-refractivity contribution in [3.05, 3.63) is 76.6 Å². The summed E-state index contributed by atoms with van der Waals surface area (Å²) in [5.41, 5.74) is 6.14. The molecule has 0 bridgehead atoms. The van der Waals surface area contributed by atoms with Gasteiger partial charge in [-0.2, -0.15) is 0 Å². The van der Waals surface area contributed by atoms with E-state index in [1.54, 1.807) is 12.1 Å². The Bertz CT molecular complexity index is 1290. The van der Waals surface area contributed by atoms with Crippen molar-refractivity contribution >= 4 is 23.3 Å². The fourth-order valence-corrected chi connectivity index (χ4v) is 4.81. The van der Waals surface area contributed by atoms with Crippen molar-refractivity contribution in [2.24, 2.45) is 5.92 Å². The fraction of sp³-hybridized carbons (Fsp3) is 0.321. The number of hydrogen-bond acceptors (Lipinski definition) is 5. The molecular formula is C28H30N2O5. The average Bonchev–Trinajstić information content (AvgIpc) is 3.35. The second kappa shape index (κ2) is 9.78. The van der Waals surface area contributed by atoms with Crippen molar-refractivity contribution in [3.63, 3.8) is 0 Å². The van der Waals surface area contributed by atoms with E-state index in [1.807, 2.05) is 50.5 Å². The lowest BCUT2D eigenvalue weighted by molar-refractivity contribution is -0.147. The third-order valence-corrected chi connectivity index (χ3v) is 6.38. The van der Waals surface area contributed by atoms with Crippen LogP contribution in [-0.2, 0) is 14.3 Å². The minimum atomic E-state index is -0.636. The molecule has 35 heavy (non-hydrogen) atoms. The number of carbonyl (C=O) groups is 3. The molecule has 1 aliphatic heterocycles. The predicted octanol–water partition coefficient (Wildman–Crippen LogP) is 4.50. The van der Waals surface area contributed by atoms with Crippen LogP contribution in [0, 0.1) is 33.6 Å². The van der Waals surface area contributed by atoms with Crippen molar-refractivity contribution in [2.45, 2.75) is 34.1 Å². The van der Waals surface area contributed by atoms with Gasteiger partial charge >= 0.3 is 5.97 Å². The SMILES string of the molecule is COc1ccccc1N1CC(C(=O)OCC(=O)c2cc(C)n(-c3cc(C)cc(C)c3)c2C)CC1=O. The molecular weight excluding hydrogens is 444 g/mol. The minimum Gasteiger partial charge on any atom is -0.495 e. The molecule has 0 N–H and O–H groups in total. The summed E-state index contributed by atoms with van der Waals surface area (Å²) in [6.07, 6.45) is 0.0340. The first-order valence-corrected chi connectivity index (χ1v) is 11.6. The molecule has 1 amide bonds. The van der Waals surface area contributed by atoms with Gasteiger partial charge in [0.05, 0.1) is 18.7 Å². The zero-order valence-corrected chi connectivity index (χ0v) is 20.8. The number of carbonyl (C=O) groups excluding carboxylic acids is 3. The summed E-state index contributed by atoms with van der Waals surface area (Å²) in [5, 5.41) is 0. The van der Waals surface area contributed by atoms with Crippen molar-refractivity contribution in [2.75, 3.05) is 25.2 Å². The lowest BCUT2D eigenvalue weighted by atomic mass is 10.1. The van der Waals surface area contributed by atoms with Crippen molar-refractivity contribution in [1.29, 1.82) is 0 Å². The lowest BCUT2D eigenvalue weighted by Gasteiger charge is -2.19. The highest BCUT2D eigenvalue weighted by Gasteiger charge is 2.37. The predicted molar refractivity (Wildman–Crippen MR) is 133 cm³/mol. The summed E-state index contributed by atoms with van der Waals surface area (Å²) in [5.74, 6) is -1.08. The van der Waals surface area contributed by atoms with E-state index in [4.69, 9.17) is 9.47 Å². The van der Waals surface area contributed by atoms with Crippen molar-refractivity contribution in [3.8, 4) is 11.4 Å². The van der Waals surface area contributed by atoms with Gasteiger partial charge in [0.2, 0.25) is 11.7 Å². The van der Waals surface area contributed by atoms with Gasteiger partial charge in [0.25, 0.3) is 0 Å². The van der Waals surface area contributed by atoms with Gasteiger partial charge in [-0.05, 0) is 69.2 Å². The van der Waals surface area contributed by atoms with Gasteiger partial charge in [-0.3, -0.25) is 14.4 Å². The van der Waals surface area contributed by atoms with Gasteiger partial charge in [0.1, 0.15) is 5.75 Å². The van der Waals surface area contributed by atoms with Crippen LogP contribution in [-0.4, -0.2) is 42.5 Å². The van der Waals surface area contributed by atoms with E-state index in [-0.39, 0.29) is 31.3 Å². The maximum atomic E-state index is 13.0. The number of aryl methyl sites for hydroxylation is 3. The quantitative estimate of drug-likeness (QED) is 0.372. The Morgan fingerprint density at radius 3 is 2.37 bits per heavy atom. The van der Waals surface area contributed by atoms with Crippen LogP contribution in [0.4, 0.5) is 5.69 Å². The zero-order chi connectivity index (χ0) is 25.3. The Balaban J connectivity index is 1.44. The number of nitrogens with zero attached hydrogens (tertiary/aromatic N) is 2. The number of para-hydroxylation sites is 2. The molecule has 3 aromatic rings. The van der Waals surface area contributed by atoms with Crippen molar-refractivity contribution < 1.29 is 23.9 Å². The van der Waals surface area contributed by atoms with Gasteiger partial charge in [0, 0.05) is 35.6 Å². The number of anilines is 1. The first-order chi connectivity index (χ1) is 16.7. The van der Waals surface area contributed by atoms with Gasteiger partial charge in [0.15, 0.2) is 6.61 Å². The highest BCUT2D eigenvalue weighted by molar-refractivity contribution is 6.02. The highest BCUT2D eigenvalue weighted by atomic mass is 16.5. The summed E-state index contributed by atoms with van der Waals surface area (Å²) >= 11 is 0. The summed E-state index contributed by atoms with van der Waals surface area (Å²) in [6, 6.07) is 15.2. The van der Waals surface area contributed by atoms with Gasteiger partial charge < -0.3 is 18.9 Å². The molecule has 2 aromatic carbocycles. The fourth-order valence-electron chi connectivity index (χ4n) is 4.81. The van der Waals surface area contributed by atoms with Gasteiger partial charge in [-0.25, -0.2) is 0 Å². The molecule has 2 heterocycles. The van der Waals surface area contributed by atoms with E-state index in [0.717, 1.165) is 28.2 Å².